The number of amides is 2. The first-order valence-corrected chi connectivity index (χ1v) is 9.53. The molecule has 0 fully saturated rings. The maximum absolute atomic E-state index is 12.7. The van der Waals surface area contributed by atoms with Gasteiger partial charge in [0.15, 0.2) is 18.1 Å². The van der Waals surface area contributed by atoms with Crippen molar-refractivity contribution in [1.82, 2.24) is 0 Å². The molecule has 31 heavy (non-hydrogen) atoms. The van der Waals surface area contributed by atoms with E-state index in [1.54, 1.807) is 42.5 Å². The second-order valence-electron chi connectivity index (χ2n) is 6.73. The Bertz CT molecular complexity index is 1110. The average Bonchev–Trinajstić information content (AvgIpc) is 2.78. The zero-order chi connectivity index (χ0) is 22.2. The van der Waals surface area contributed by atoms with Crippen LogP contribution in [-0.4, -0.2) is 31.8 Å². The predicted molar refractivity (Wildman–Crippen MR) is 118 cm³/mol. The van der Waals surface area contributed by atoms with Gasteiger partial charge in [0.2, 0.25) is 0 Å². The summed E-state index contributed by atoms with van der Waals surface area (Å²) in [5, 5.41) is 5.53. The normalized spacial score (nSPS) is 10.1. The summed E-state index contributed by atoms with van der Waals surface area (Å²) in [6, 6.07) is 18.8. The van der Waals surface area contributed by atoms with Crippen molar-refractivity contribution in [2.75, 3.05) is 24.4 Å². The van der Waals surface area contributed by atoms with E-state index in [-0.39, 0.29) is 12.5 Å². The van der Waals surface area contributed by atoms with Gasteiger partial charge in [-0.2, -0.15) is 0 Å². The first-order valence-electron chi connectivity index (χ1n) is 9.53. The number of aryl methyl sites for hydroxylation is 1. The van der Waals surface area contributed by atoms with E-state index in [1.165, 1.54) is 13.2 Å². The van der Waals surface area contributed by atoms with Gasteiger partial charge < -0.3 is 20.1 Å². The summed E-state index contributed by atoms with van der Waals surface area (Å²) in [5.74, 6) is -0.116. The van der Waals surface area contributed by atoms with Crippen molar-refractivity contribution in [2.24, 2.45) is 0 Å². The largest absolute Gasteiger partial charge is 0.493 e. The van der Waals surface area contributed by atoms with Crippen LogP contribution in [0.2, 0.25) is 0 Å². The number of benzene rings is 3. The van der Waals surface area contributed by atoms with Crippen molar-refractivity contribution < 1.29 is 23.9 Å². The van der Waals surface area contributed by atoms with Crippen LogP contribution in [0.15, 0.2) is 66.7 Å². The van der Waals surface area contributed by atoms with E-state index in [9.17, 15) is 14.4 Å². The third kappa shape index (κ3) is 5.70. The lowest BCUT2D eigenvalue weighted by atomic mass is 10.1. The number of para-hydroxylation sites is 1. The Kier molecular flexibility index (Phi) is 7.01. The third-order valence-corrected chi connectivity index (χ3v) is 4.40. The number of carbonyl (C=O) groups is 3. The van der Waals surface area contributed by atoms with Crippen LogP contribution in [0.3, 0.4) is 0 Å². The van der Waals surface area contributed by atoms with Gasteiger partial charge in [0.05, 0.1) is 18.4 Å². The lowest BCUT2D eigenvalue weighted by molar-refractivity contribution is -0.118. The number of aldehydes is 1. The molecule has 7 nitrogen and oxygen atoms in total. The number of hydrogen-bond acceptors (Lipinski definition) is 5. The molecule has 0 aliphatic heterocycles. The molecule has 0 bridgehead atoms. The molecule has 0 heterocycles. The maximum Gasteiger partial charge on any atom is 0.262 e. The summed E-state index contributed by atoms with van der Waals surface area (Å²) in [6.07, 6.45) is 0.692. The summed E-state index contributed by atoms with van der Waals surface area (Å²) in [4.78, 5) is 36.0. The van der Waals surface area contributed by atoms with Gasteiger partial charge in [-0.05, 0) is 55.0 Å². The maximum atomic E-state index is 12.7. The second kappa shape index (κ2) is 10.1. The Morgan fingerprint density at radius 2 is 1.74 bits per heavy atom. The minimum absolute atomic E-state index is 0.301. The molecule has 2 N–H and O–H groups in total. The molecule has 0 atom stereocenters. The van der Waals surface area contributed by atoms with Crippen molar-refractivity contribution >= 4 is 29.5 Å². The van der Waals surface area contributed by atoms with Gasteiger partial charge >= 0.3 is 0 Å². The average molecular weight is 418 g/mol. The van der Waals surface area contributed by atoms with E-state index in [0.717, 1.165) is 5.56 Å². The molecule has 0 spiro atoms. The highest BCUT2D eigenvalue weighted by molar-refractivity contribution is 6.10. The molecule has 3 rings (SSSR count). The Hall–Kier alpha value is -4.13. The molecule has 0 saturated carbocycles. The number of anilines is 2. The van der Waals surface area contributed by atoms with Crippen molar-refractivity contribution in [3.63, 3.8) is 0 Å². The summed E-state index contributed by atoms with van der Waals surface area (Å²) in [6.45, 7) is 1.63. The zero-order valence-corrected chi connectivity index (χ0v) is 17.2. The minimum atomic E-state index is -0.447. The number of nitrogens with one attached hydrogen (secondary N) is 2. The van der Waals surface area contributed by atoms with E-state index in [0.29, 0.717) is 40.3 Å². The van der Waals surface area contributed by atoms with Gasteiger partial charge in [-0.25, -0.2) is 0 Å². The molecule has 0 aromatic heterocycles. The SMILES string of the molecule is COc1cc(C=O)ccc1OCC(=O)Nc1ccccc1C(=O)Nc1cccc(C)c1. The van der Waals surface area contributed by atoms with Gasteiger partial charge in [0.25, 0.3) is 11.8 Å². The van der Waals surface area contributed by atoms with Crippen LogP contribution in [0, 0.1) is 6.92 Å². The monoisotopic (exact) mass is 418 g/mol. The molecule has 2 amide bonds. The van der Waals surface area contributed by atoms with E-state index in [1.807, 2.05) is 25.1 Å². The van der Waals surface area contributed by atoms with Crippen molar-refractivity contribution in [1.29, 1.82) is 0 Å². The number of methoxy groups -OCH3 is 1. The van der Waals surface area contributed by atoms with Gasteiger partial charge in [-0.3, -0.25) is 14.4 Å². The molecule has 0 saturated heterocycles. The summed E-state index contributed by atoms with van der Waals surface area (Å²) >= 11 is 0. The van der Waals surface area contributed by atoms with Crippen LogP contribution in [0.4, 0.5) is 11.4 Å². The molecular formula is C24H22N2O5. The number of rotatable bonds is 8. The minimum Gasteiger partial charge on any atom is -0.493 e. The smallest absolute Gasteiger partial charge is 0.262 e. The lowest BCUT2D eigenvalue weighted by Gasteiger charge is -2.13. The highest BCUT2D eigenvalue weighted by atomic mass is 16.5. The molecule has 0 radical (unpaired) electrons. The van der Waals surface area contributed by atoms with E-state index in [4.69, 9.17) is 9.47 Å². The number of hydrogen-bond donors (Lipinski definition) is 2. The highest BCUT2D eigenvalue weighted by Gasteiger charge is 2.15. The van der Waals surface area contributed by atoms with Crippen LogP contribution in [0.25, 0.3) is 0 Å². The Morgan fingerprint density at radius 3 is 2.48 bits per heavy atom. The molecule has 3 aromatic carbocycles. The van der Waals surface area contributed by atoms with Gasteiger partial charge in [0.1, 0.15) is 6.29 Å². The quantitative estimate of drug-likeness (QED) is 0.538. The highest BCUT2D eigenvalue weighted by Crippen LogP contribution is 2.27. The number of ether oxygens (including phenoxy) is 2. The molecular weight excluding hydrogens is 396 g/mol. The summed E-state index contributed by atoms with van der Waals surface area (Å²) < 4.78 is 10.7. The van der Waals surface area contributed by atoms with E-state index >= 15 is 0 Å². The molecule has 3 aromatic rings. The summed E-state index contributed by atoms with van der Waals surface area (Å²) in [7, 11) is 1.44. The summed E-state index contributed by atoms with van der Waals surface area (Å²) in [5.41, 5.74) is 2.81. The Morgan fingerprint density at radius 1 is 0.935 bits per heavy atom. The van der Waals surface area contributed by atoms with Crippen molar-refractivity contribution in [3.05, 3.63) is 83.4 Å². The molecule has 7 heteroatoms. The molecule has 158 valence electrons. The van der Waals surface area contributed by atoms with Crippen LogP contribution in [0.1, 0.15) is 26.3 Å². The molecule has 0 aliphatic rings. The fourth-order valence-corrected chi connectivity index (χ4v) is 2.92. The van der Waals surface area contributed by atoms with Gasteiger partial charge in [-0.15, -0.1) is 0 Å². The van der Waals surface area contributed by atoms with Crippen LogP contribution in [-0.2, 0) is 4.79 Å². The Labute approximate surface area is 180 Å². The van der Waals surface area contributed by atoms with Crippen LogP contribution in [0.5, 0.6) is 11.5 Å². The first kappa shape index (κ1) is 21.6. The third-order valence-electron chi connectivity index (χ3n) is 4.40. The fraction of sp³-hybridized carbons (Fsp3) is 0.125. The second-order valence-corrected chi connectivity index (χ2v) is 6.73. The predicted octanol–water partition coefficient (Wildman–Crippen LogP) is 4.09. The van der Waals surface area contributed by atoms with Gasteiger partial charge in [0, 0.05) is 11.3 Å². The topological polar surface area (TPSA) is 93.7 Å². The fourth-order valence-electron chi connectivity index (χ4n) is 2.92. The zero-order valence-electron chi connectivity index (χ0n) is 17.2. The number of carbonyl (C=O) groups excluding carboxylic acids is 3. The van der Waals surface area contributed by atoms with Crippen LogP contribution < -0.4 is 20.1 Å². The first-order chi connectivity index (χ1) is 15.0. The van der Waals surface area contributed by atoms with Crippen molar-refractivity contribution in [3.8, 4) is 11.5 Å². The van der Waals surface area contributed by atoms with Gasteiger partial charge in [-0.1, -0.05) is 24.3 Å². The van der Waals surface area contributed by atoms with E-state index < -0.39 is 5.91 Å². The molecule has 0 aliphatic carbocycles. The lowest BCUT2D eigenvalue weighted by Crippen LogP contribution is -2.23. The van der Waals surface area contributed by atoms with E-state index in [2.05, 4.69) is 10.6 Å². The van der Waals surface area contributed by atoms with Crippen molar-refractivity contribution in [2.45, 2.75) is 6.92 Å². The standard InChI is InChI=1S/C24H22N2O5/c1-16-6-5-7-18(12-16)25-24(29)19-8-3-4-9-20(19)26-23(28)15-31-21-11-10-17(14-27)13-22(21)30-2/h3-14H,15H2,1-2H3,(H,25,29)(H,26,28). The Balaban J connectivity index is 1.67. The molecule has 0 unspecified atom stereocenters. The van der Waals surface area contributed by atoms with Crippen LogP contribution >= 0.6 is 0 Å².